The van der Waals surface area contributed by atoms with E-state index < -0.39 is 9.84 Å². The Morgan fingerprint density at radius 3 is 2.45 bits per heavy atom. The van der Waals surface area contributed by atoms with Crippen LogP contribution in [0.15, 0.2) is 0 Å². The first-order valence-corrected chi connectivity index (χ1v) is 9.38. The molecule has 114 valence electrons. The molecule has 1 heterocycles. The molecule has 1 unspecified atom stereocenters. The quantitative estimate of drug-likeness (QED) is 0.838. The average Bonchev–Trinajstić information content (AvgIpc) is 2.81. The highest BCUT2D eigenvalue weighted by atomic mass is 32.2. The Balaban J connectivity index is 1.68. The summed E-state index contributed by atoms with van der Waals surface area (Å²) in [5, 5.41) is 3.07. The van der Waals surface area contributed by atoms with E-state index in [0.29, 0.717) is 12.5 Å². The fourth-order valence-corrected chi connectivity index (χ4v) is 4.86. The molecule has 6 heteroatoms. The first kappa shape index (κ1) is 14.2. The molecule has 1 saturated heterocycles. The minimum Gasteiger partial charge on any atom is -0.335 e. The minimum absolute atomic E-state index is 0.0626. The van der Waals surface area contributed by atoms with Crippen LogP contribution in [-0.4, -0.2) is 49.5 Å². The topological polar surface area (TPSA) is 66.5 Å². The van der Waals surface area contributed by atoms with Crippen molar-refractivity contribution in [2.24, 2.45) is 11.3 Å². The summed E-state index contributed by atoms with van der Waals surface area (Å²) in [6, 6.07) is 0.0762. The number of urea groups is 1. The van der Waals surface area contributed by atoms with Crippen LogP contribution in [0.1, 0.15) is 39.5 Å². The van der Waals surface area contributed by atoms with Crippen LogP contribution in [-0.2, 0) is 9.84 Å². The highest BCUT2D eigenvalue weighted by Gasteiger charge is 2.48. The lowest BCUT2D eigenvalue weighted by molar-refractivity contribution is 0.122. The SMILES string of the molecule is CC1(C)C[C@@H]1NC(=O)N1CCS(=O)(=O)CC1C1CCC1. The van der Waals surface area contributed by atoms with Crippen LogP contribution in [0.2, 0.25) is 0 Å². The van der Waals surface area contributed by atoms with Gasteiger partial charge in [0.15, 0.2) is 9.84 Å². The zero-order chi connectivity index (χ0) is 14.5. The molecule has 2 atom stereocenters. The Labute approximate surface area is 121 Å². The lowest BCUT2D eigenvalue weighted by Crippen LogP contribution is -2.58. The van der Waals surface area contributed by atoms with Gasteiger partial charge in [-0.2, -0.15) is 0 Å². The lowest BCUT2D eigenvalue weighted by atomic mass is 9.79. The summed E-state index contributed by atoms with van der Waals surface area (Å²) >= 11 is 0. The number of nitrogens with one attached hydrogen (secondary N) is 1. The van der Waals surface area contributed by atoms with Crippen molar-refractivity contribution in [1.29, 1.82) is 0 Å². The van der Waals surface area contributed by atoms with E-state index in [4.69, 9.17) is 0 Å². The fraction of sp³-hybridized carbons (Fsp3) is 0.929. The molecule has 3 rings (SSSR count). The minimum atomic E-state index is -2.98. The van der Waals surface area contributed by atoms with Crippen molar-refractivity contribution in [2.45, 2.75) is 51.6 Å². The number of hydrogen-bond acceptors (Lipinski definition) is 3. The molecule has 2 amide bonds. The van der Waals surface area contributed by atoms with Crippen LogP contribution >= 0.6 is 0 Å². The number of rotatable bonds is 2. The van der Waals surface area contributed by atoms with Crippen LogP contribution in [0, 0.1) is 11.3 Å². The molecular formula is C14H24N2O3S. The summed E-state index contributed by atoms with van der Waals surface area (Å²) in [5.41, 5.74) is 0.198. The average molecular weight is 300 g/mol. The Morgan fingerprint density at radius 2 is 1.95 bits per heavy atom. The van der Waals surface area contributed by atoms with Crippen molar-refractivity contribution >= 4 is 15.9 Å². The summed E-state index contributed by atoms with van der Waals surface area (Å²) in [5.74, 6) is 0.639. The molecule has 0 aromatic carbocycles. The summed E-state index contributed by atoms with van der Waals surface area (Å²) in [7, 11) is -2.98. The summed E-state index contributed by atoms with van der Waals surface area (Å²) < 4.78 is 23.7. The van der Waals surface area contributed by atoms with Crippen LogP contribution in [0.3, 0.4) is 0 Å². The first-order valence-electron chi connectivity index (χ1n) is 7.56. The van der Waals surface area contributed by atoms with Crippen molar-refractivity contribution < 1.29 is 13.2 Å². The van der Waals surface area contributed by atoms with E-state index in [-0.39, 0.29) is 35.0 Å². The lowest BCUT2D eigenvalue weighted by Gasteiger charge is -2.43. The summed E-state index contributed by atoms with van der Waals surface area (Å²) in [6.07, 6.45) is 4.28. The Hall–Kier alpha value is -0.780. The highest BCUT2D eigenvalue weighted by molar-refractivity contribution is 7.91. The standard InChI is InChI=1S/C14H24N2O3S/c1-14(2)8-12(14)15-13(17)16-6-7-20(18,19)9-11(16)10-4-3-5-10/h10-12H,3-9H2,1-2H3,(H,15,17)/t11?,12-/m0/s1. The van der Waals surface area contributed by atoms with Gasteiger partial charge in [-0.25, -0.2) is 13.2 Å². The molecule has 1 aliphatic heterocycles. The Bertz CT molecular complexity index is 511. The molecule has 5 nitrogen and oxygen atoms in total. The molecule has 0 bridgehead atoms. The maximum Gasteiger partial charge on any atom is 0.317 e. The van der Waals surface area contributed by atoms with E-state index in [2.05, 4.69) is 19.2 Å². The molecule has 2 saturated carbocycles. The molecular weight excluding hydrogens is 276 g/mol. The molecule has 2 aliphatic carbocycles. The van der Waals surface area contributed by atoms with Crippen LogP contribution < -0.4 is 5.32 Å². The normalized spacial score (nSPS) is 35.2. The smallest absolute Gasteiger partial charge is 0.317 e. The third-order valence-corrected chi connectivity index (χ3v) is 6.89. The van der Waals surface area contributed by atoms with E-state index in [0.717, 1.165) is 25.7 Å². The van der Waals surface area contributed by atoms with Crippen LogP contribution in [0.4, 0.5) is 4.79 Å². The van der Waals surface area contributed by atoms with Crippen molar-refractivity contribution in [3.8, 4) is 0 Å². The number of nitrogens with zero attached hydrogens (tertiary/aromatic N) is 1. The summed E-state index contributed by atoms with van der Waals surface area (Å²) in [4.78, 5) is 14.2. The maximum atomic E-state index is 12.4. The largest absolute Gasteiger partial charge is 0.335 e. The highest BCUT2D eigenvalue weighted by Crippen LogP contribution is 2.44. The Morgan fingerprint density at radius 1 is 1.30 bits per heavy atom. The van der Waals surface area contributed by atoms with E-state index in [1.165, 1.54) is 0 Å². The molecule has 3 fully saturated rings. The van der Waals surface area contributed by atoms with Gasteiger partial charge in [-0.1, -0.05) is 20.3 Å². The monoisotopic (exact) mass is 300 g/mol. The van der Waals surface area contributed by atoms with Gasteiger partial charge in [0.1, 0.15) is 0 Å². The van der Waals surface area contributed by atoms with Gasteiger partial charge < -0.3 is 10.2 Å². The van der Waals surface area contributed by atoms with Gasteiger partial charge in [0, 0.05) is 12.6 Å². The van der Waals surface area contributed by atoms with E-state index in [9.17, 15) is 13.2 Å². The molecule has 1 N–H and O–H groups in total. The second kappa shape index (κ2) is 4.61. The van der Waals surface area contributed by atoms with Gasteiger partial charge in [0.05, 0.1) is 17.5 Å². The second-order valence-electron chi connectivity index (χ2n) is 7.26. The second-order valence-corrected chi connectivity index (χ2v) is 9.49. The van der Waals surface area contributed by atoms with Gasteiger partial charge in [-0.3, -0.25) is 0 Å². The van der Waals surface area contributed by atoms with Crippen molar-refractivity contribution in [3.63, 3.8) is 0 Å². The van der Waals surface area contributed by atoms with E-state index >= 15 is 0 Å². The molecule has 0 aromatic rings. The maximum absolute atomic E-state index is 12.4. The van der Waals surface area contributed by atoms with E-state index in [1.807, 2.05) is 0 Å². The molecule has 20 heavy (non-hydrogen) atoms. The first-order chi connectivity index (χ1) is 9.28. The van der Waals surface area contributed by atoms with Gasteiger partial charge >= 0.3 is 6.03 Å². The number of sulfone groups is 1. The fourth-order valence-electron chi connectivity index (χ4n) is 3.25. The zero-order valence-electron chi connectivity index (χ0n) is 12.3. The predicted octanol–water partition coefficient (Wildman–Crippen LogP) is 1.39. The third-order valence-electron chi connectivity index (χ3n) is 5.23. The van der Waals surface area contributed by atoms with Gasteiger partial charge in [0.2, 0.25) is 0 Å². The molecule has 0 spiro atoms. The summed E-state index contributed by atoms with van der Waals surface area (Å²) in [6.45, 7) is 4.63. The number of amides is 2. The predicted molar refractivity (Wildman–Crippen MR) is 77.2 cm³/mol. The number of carbonyl (C=O) groups is 1. The molecule has 0 radical (unpaired) electrons. The zero-order valence-corrected chi connectivity index (χ0v) is 13.1. The number of carbonyl (C=O) groups excluding carboxylic acids is 1. The van der Waals surface area contributed by atoms with Crippen molar-refractivity contribution in [1.82, 2.24) is 10.2 Å². The molecule has 3 aliphatic rings. The van der Waals surface area contributed by atoms with Crippen molar-refractivity contribution in [2.75, 3.05) is 18.1 Å². The van der Waals surface area contributed by atoms with Crippen molar-refractivity contribution in [3.05, 3.63) is 0 Å². The Kier molecular flexibility index (Phi) is 3.27. The molecule has 0 aromatic heterocycles. The van der Waals surface area contributed by atoms with E-state index in [1.54, 1.807) is 4.90 Å². The van der Waals surface area contributed by atoms with Gasteiger partial charge in [0.25, 0.3) is 0 Å². The van der Waals surface area contributed by atoms with Crippen LogP contribution in [0.25, 0.3) is 0 Å². The van der Waals surface area contributed by atoms with Gasteiger partial charge in [-0.15, -0.1) is 0 Å². The van der Waals surface area contributed by atoms with Crippen LogP contribution in [0.5, 0.6) is 0 Å². The van der Waals surface area contributed by atoms with Gasteiger partial charge in [-0.05, 0) is 30.6 Å². The number of hydrogen-bond donors (Lipinski definition) is 1. The third kappa shape index (κ3) is 2.67.